The normalized spacial score (nSPS) is 10.5. The van der Waals surface area contributed by atoms with E-state index in [1.165, 1.54) is 12.8 Å². The maximum absolute atomic E-state index is 5.70. The lowest BCUT2D eigenvalue weighted by atomic mass is 10.3. The smallest absolute Gasteiger partial charge is 0.195 e. The first-order valence-electron chi connectivity index (χ1n) is 7.54. The van der Waals surface area contributed by atoms with Crippen molar-refractivity contribution in [2.75, 3.05) is 26.2 Å². The zero-order chi connectivity index (χ0) is 14.9. The molecule has 0 unspecified atom stereocenters. The quantitative estimate of drug-likeness (QED) is 0.704. The number of rotatable bonds is 9. The second-order valence-electron chi connectivity index (χ2n) is 4.91. The van der Waals surface area contributed by atoms with Crippen molar-refractivity contribution in [2.45, 2.75) is 26.7 Å². The van der Waals surface area contributed by atoms with E-state index in [1.54, 1.807) is 18.7 Å². The highest BCUT2D eigenvalue weighted by atomic mass is 35.5. The Labute approximate surface area is 138 Å². The zero-order valence-corrected chi connectivity index (χ0v) is 14.0. The van der Waals surface area contributed by atoms with Gasteiger partial charge >= 0.3 is 0 Å². The predicted octanol–water partition coefficient (Wildman–Crippen LogP) is 3.66. The van der Waals surface area contributed by atoms with Gasteiger partial charge in [-0.1, -0.05) is 13.8 Å². The molecular weight excluding hydrogens is 302 g/mol. The fraction of sp³-hybridized carbons (Fsp3) is 0.500. The molecule has 5 nitrogen and oxygen atoms in total. The number of ether oxygens (including phenoxy) is 1. The molecule has 0 saturated heterocycles. The molecule has 2 aromatic rings. The van der Waals surface area contributed by atoms with Crippen molar-refractivity contribution < 1.29 is 9.15 Å². The first-order valence-corrected chi connectivity index (χ1v) is 7.54. The molecule has 22 heavy (non-hydrogen) atoms. The molecule has 0 aliphatic carbocycles. The maximum Gasteiger partial charge on any atom is 0.195 e. The Bertz CT molecular complexity index is 497. The molecule has 0 bridgehead atoms. The molecule has 0 saturated carbocycles. The lowest BCUT2D eigenvalue weighted by Gasteiger charge is -2.20. The lowest BCUT2D eigenvalue weighted by molar-refractivity contribution is 0.208. The summed E-state index contributed by atoms with van der Waals surface area (Å²) in [6.45, 7) is 8.22. The third kappa shape index (κ3) is 5.66. The molecule has 0 atom stereocenters. The van der Waals surface area contributed by atoms with Gasteiger partial charge in [0.05, 0.1) is 18.7 Å². The Morgan fingerprint density at radius 2 is 1.77 bits per heavy atom. The highest BCUT2D eigenvalue weighted by Gasteiger charge is 2.05. The van der Waals surface area contributed by atoms with E-state index in [2.05, 4.69) is 28.7 Å². The molecule has 0 aromatic carbocycles. The van der Waals surface area contributed by atoms with E-state index in [4.69, 9.17) is 9.15 Å². The summed E-state index contributed by atoms with van der Waals surface area (Å²) in [5.74, 6) is 1.93. The van der Waals surface area contributed by atoms with Crippen molar-refractivity contribution in [1.29, 1.82) is 0 Å². The van der Waals surface area contributed by atoms with Crippen LogP contribution >= 0.6 is 12.4 Å². The number of hydrogen-bond acceptors (Lipinski definition) is 5. The highest BCUT2D eigenvalue weighted by Crippen LogP contribution is 2.16. The van der Waals surface area contributed by atoms with Crippen LogP contribution in [-0.2, 0) is 0 Å². The minimum absolute atomic E-state index is 0. The Balaban J connectivity index is 0.00000242. The molecule has 2 rings (SSSR count). The topological polar surface area (TPSA) is 51.4 Å². The van der Waals surface area contributed by atoms with Crippen molar-refractivity contribution in [3.05, 3.63) is 30.8 Å². The fourth-order valence-corrected chi connectivity index (χ4v) is 2.18. The van der Waals surface area contributed by atoms with Gasteiger partial charge in [-0.25, -0.2) is 9.97 Å². The van der Waals surface area contributed by atoms with Crippen LogP contribution < -0.4 is 4.74 Å². The summed E-state index contributed by atoms with van der Waals surface area (Å²) < 4.78 is 11.0. The first-order chi connectivity index (χ1) is 10.3. The van der Waals surface area contributed by atoms with E-state index < -0.39 is 0 Å². The van der Waals surface area contributed by atoms with Crippen molar-refractivity contribution in [3.63, 3.8) is 0 Å². The highest BCUT2D eigenvalue weighted by molar-refractivity contribution is 5.85. The summed E-state index contributed by atoms with van der Waals surface area (Å²) in [6, 6.07) is 3.66. The van der Waals surface area contributed by atoms with Crippen LogP contribution in [0, 0.1) is 0 Å². The van der Waals surface area contributed by atoms with E-state index in [1.807, 2.05) is 12.1 Å². The summed E-state index contributed by atoms with van der Waals surface area (Å²) in [7, 11) is 0. The molecule has 0 radical (unpaired) electrons. The van der Waals surface area contributed by atoms with Crippen LogP contribution in [0.4, 0.5) is 0 Å². The van der Waals surface area contributed by atoms with Crippen LogP contribution in [-0.4, -0.2) is 41.1 Å². The van der Waals surface area contributed by atoms with Crippen LogP contribution in [0.1, 0.15) is 26.7 Å². The maximum atomic E-state index is 5.70. The number of hydrogen-bond donors (Lipinski definition) is 0. The minimum Gasteiger partial charge on any atom is -0.489 e. The largest absolute Gasteiger partial charge is 0.489 e. The Morgan fingerprint density at radius 1 is 1.09 bits per heavy atom. The third-order valence-electron chi connectivity index (χ3n) is 3.13. The molecule has 0 aliphatic heterocycles. The SMILES string of the molecule is CCCN(CCC)CCOc1cnc(-c2ccco2)nc1.Cl. The van der Waals surface area contributed by atoms with Crippen LogP contribution in [0.5, 0.6) is 5.75 Å². The van der Waals surface area contributed by atoms with Gasteiger partial charge in [-0.15, -0.1) is 12.4 Å². The number of furan rings is 1. The number of halogens is 1. The summed E-state index contributed by atoms with van der Waals surface area (Å²) in [5.41, 5.74) is 0. The standard InChI is InChI=1S/C16H23N3O2.ClH/c1-3-7-19(8-4-2)9-11-20-14-12-17-16(18-13-14)15-6-5-10-21-15;/h5-6,10,12-13H,3-4,7-9,11H2,1-2H3;1H. The Kier molecular flexibility index (Phi) is 8.55. The van der Waals surface area contributed by atoms with E-state index in [0.717, 1.165) is 19.6 Å². The summed E-state index contributed by atoms with van der Waals surface area (Å²) in [4.78, 5) is 10.9. The van der Waals surface area contributed by atoms with Crippen LogP contribution in [0.2, 0.25) is 0 Å². The van der Waals surface area contributed by atoms with Gasteiger partial charge < -0.3 is 9.15 Å². The predicted molar refractivity (Wildman–Crippen MR) is 89.5 cm³/mol. The second kappa shape index (κ2) is 10.2. The molecule has 0 spiro atoms. The van der Waals surface area contributed by atoms with Crippen molar-refractivity contribution >= 4 is 12.4 Å². The molecule has 122 valence electrons. The molecule has 0 aliphatic rings. The van der Waals surface area contributed by atoms with Gasteiger partial charge in [0.2, 0.25) is 0 Å². The summed E-state index contributed by atoms with van der Waals surface area (Å²) in [6.07, 6.45) is 7.32. The van der Waals surface area contributed by atoms with Gasteiger partial charge in [0.1, 0.15) is 6.61 Å². The van der Waals surface area contributed by atoms with Crippen LogP contribution in [0.3, 0.4) is 0 Å². The third-order valence-corrected chi connectivity index (χ3v) is 3.13. The van der Waals surface area contributed by atoms with Gasteiger partial charge in [-0.05, 0) is 38.1 Å². The van der Waals surface area contributed by atoms with E-state index in [0.29, 0.717) is 23.9 Å². The van der Waals surface area contributed by atoms with Gasteiger partial charge in [0.15, 0.2) is 17.3 Å². The average molecular weight is 326 g/mol. The number of aromatic nitrogens is 2. The van der Waals surface area contributed by atoms with Gasteiger partial charge in [0, 0.05) is 6.54 Å². The molecule has 6 heteroatoms. The molecule has 2 heterocycles. The minimum atomic E-state index is 0. The van der Waals surface area contributed by atoms with Gasteiger partial charge in [-0.3, -0.25) is 4.90 Å². The van der Waals surface area contributed by atoms with Gasteiger partial charge in [0.25, 0.3) is 0 Å². The second-order valence-corrected chi connectivity index (χ2v) is 4.91. The Morgan fingerprint density at radius 3 is 2.32 bits per heavy atom. The summed E-state index contributed by atoms with van der Waals surface area (Å²) in [5, 5.41) is 0. The van der Waals surface area contributed by atoms with Gasteiger partial charge in [-0.2, -0.15) is 0 Å². The van der Waals surface area contributed by atoms with Crippen molar-refractivity contribution in [2.24, 2.45) is 0 Å². The molecule has 0 N–H and O–H groups in total. The molecule has 0 fully saturated rings. The number of nitrogens with zero attached hydrogens (tertiary/aromatic N) is 3. The van der Waals surface area contributed by atoms with Crippen molar-refractivity contribution in [3.8, 4) is 17.3 Å². The molecular formula is C16H24ClN3O2. The van der Waals surface area contributed by atoms with Crippen LogP contribution in [0.25, 0.3) is 11.6 Å². The van der Waals surface area contributed by atoms with Crippen LogP contribution in [0.15, 0.2) is 35.2 Å². The lowest BCUT2D eigenvalue weighted by Crippen LogP contribution is -2.30. The van der Waals surface area contributed by atoms with E-state index in [9.17, 15) is 0 Å². The molecule has 2 aromatic heterocycles. The molecule has 0 amide bonds. The Hall–Kier alpha value is -1.59. The average Bonchev–Trinajstić information content (AvgIpc) is 3.03. The van der Waals surface area contributed by atoms with E-state index >= 15 is 0 Å². The first kappa shape index (κ1) is 18.5. The fourth-order valence-electron chi connectivity index (χ4n) is 2.18. The van der Waals surface area contributed by atoms with E-state index in [-0.39, 0.29) is 12.4 Å². The van der Waals surface area contributed by atoms with Crippen molar-refractivity contribution in [1.82, 2.24) is 14.9 Å². The summed E-state index contributed by atoms with van der Waals surface area (Å²) >= 11 is 0. The monoisotopic (exact) mass is 325 g/mol. The zero-order valence-electron chi connectivity index (χ0n) is 13.2.